The third-order valence-corrected chi connectivity index (χ3v) is 7.39. The van der Waals surface area contributed by atoms with Gasteiger partial charge in [0.2, 0.25) is 15.9 Å². The SMILES string of the molecule is O=C(CCCOc1ccc(Cl)cc1Cl)N1CCCN(S(=O)(=O)c2ccc(F)cc2)CC1. The van der Waals surface area contributed by atoms with Crippen LogP contribution in [0.1, 0.15) is 19.3 Å². The monoisotopic (exact) mass is 488 g/mol. The Morgan fingerprint density at radius 1 is 1.03 bits per heavy atom. The first-order valence-electron chi connectivity index (χ1n) is 9.89. The van der Waals surface area contributed by atoms with E-state index in [2.05, 4.69) is 0 Å². The average Bonchev–Trinajstić information content (AvgIpc) is 2.99. The van der Waals surface area contributed by atoms with Crippen LogP contribution in [0.2, 0.25) is 10.0 Å². The first kappa shape index (κ1) is 23.8. The predicted octanol–water partition coefficient (Wildman–Crippen LogP) is 4.21. The topological polar surface area (TPSA) is 66.9 Å². The summed E-state index contributed by atoms with van der Waals surface area (Å²) in [6.45, 7) is 1.62. The first-order chi connectivity index (χ1) is 14.8. The molecule has 1 saturated heterocycles. The molecule has 0 spiro atoms. The number of sulfonamides is 1. The van der Waals surface area contributed by atoms with E-state index in [0.29, 0.717) is 54.9 Å². The molecular weight excluding hydrogens is 466 g/mol. The third-order valence-electron chi connectivity index (χ3n) is 4.95. The van der Waals surface area contributed by atoms with Crippen LogP contribution < -0.4 is 4.74 Å². The molecule has 1 fully saturated rings. The van der Waals surface area contributed by atoms with Gasteiger partial charge in [-0.15, -0.1) is 0 Å². The fourth-order valence-corrected chi connectivity index (χ4v) is 5.23. The molecule has 1 amide bonds. The van der Waals surface area contributed by atoms with Crippen LogP contribution in [0.25, 0.3) is 0 Å². The highest BCUT2D eigenvalue weighted by atomic mass is 35.5. The van der Waals surface area contributed by atoms with Gasteiger partial charge in [-0.25, -0.2) is 12.8 Å². The van der Waals surface area contributed by atoms with E-state index < -0.39 is 15.8 Å². The fraction of sp³-hybridized carbons (Fsp3) is 0.381. The molecule has 6 nitrogen and oxygen atoms in total. The van der Waals surface area contributed by atoms with Gasteiger partial charge in [0.05, 0.1) is 16.5 Å². The Morgan fingerprint density at radius 3 is 2.48 bits per heavy atom. The summed E-state index contributed by atoms with van der Waals surface area (Å²) in [5, 5.41) is 0.929. The quantitative estimate of drug-likeness (QED) is 0.547. The minimum absolute atomic E-state index is 0.0479. The van der Waals surface area contributed by atoms with Gasteiger partial charge in [0.1, 0.15) is 11.6 Å². The number of rotatable bonds is 7. The summed E-state index contributed by atoms with van der Waals surface area (Å²) in [5.41, 5.74) is 0. The zero-order chi connectivity index (χ0) is 22.4. The standard InChI is InChI=1S/C21H23Cl2FN2O4S/c22-16-4-9-20(19(23)15-16)30-14-1-3-21(27)25-10-2-11-26(13-12-25)31(28,29)18-7-5-17(24)6-8-18/h4-9,15H,1-3,10-14H2. The molecule has 168 valence electrons. The van der Waals surface area contributed by atoms with Crippen molar-refractivity contribution in [2.75, 3.05) is 32.8 Å². The van der Waals surface area contributed by atoms with Crippen LogP contribution in [0.3, 0.4) is 0 Å². The highest BCUT2D eigenvalue weighted by Crippen LogP contribution is 2.27. The Bertz CT molecular complexity index is 1020. The average molecular weight is 489 g/mol. The van der Waals surface area contributed by atoms with Crippen LogP contribution >= 0.6 is 23.2 Å². The lowest BCUT2D eigenvalue weighted by Crippen LogP contribution is -2.37. The number of benzene rings is 2. The summed E-state index contributed by atoms with van der Waals surface area (Å²) in [7, 11) is -3.72. The van der Waals surface area contributed by atoms with Gasteiger partial charge < -0.3 is 9.64 Å². The Balaban J connectivity index is 1.48. The minimum atomic E-state index is -3.72. The zero-order valence-electron chi connectivity index (χ0n) is 16.8. The van der Waals surface area contributed by atoms with Crippen molar-refractivity contribution in [3.63, 3.8) is 0 Å². The number of hydrogen-bond acceptors (Lipinski definition) is 4. The van der Waals surface area contributed by atoms with Crippen molar-refractivity contribution in [3.8, 4) is 5.75 Å². The van der Waals surface area contributed by atoms with Gasteiger partial charge >= 0.3 is 0 Å². The Kier molecular flexibility index (Phi) is 8.16. The molecule has 1 heterocycles. The number of halogens is 3. The number of ether oxygens (including phenoxy) is 1. The molecular formula is C21H23Cl2FN2O4S. The van der Waals surface area contributed by atoms with Gasteiger partial charge in [-0.05, 0) is 55.3 Å². The molecule has 0 aromatic heterocycles. The fourth-order valence-electron chi connectivity index (χ4n) is 3.30. The van der Waals surface area contributed by atoms with Crippen molar-refractivity contribution in [2.45, 2.75) is 24.2 Å². The largest absolute Gasteiger partial charge is 0.492 e. The van der Waals surface area contributed by atoms with Crippen molar-refractivity contribution in [1.82, 2.24) is 9.21 Å². The second kappa shape index (κ2) is 10.6. The van der Waals surface area contributed by atoms with Crippen molar-refractivity contribution in [2.24, 2.45) is 0 Å². The van der Waals surface area contributed by atoms with Crippen molar-refractivity contribution in [1.29, 1.82) is 0 Å². The summed E-state index contributed by atoms with van der Waals surface area (Å²) < 4.78 is 45.6. The summed E-state index contributed by atoms with van der Waals surface area (Å²) >= 11 is 11.9. The van der Waals surface area contributed by atoms with Gasteiger partial charge in [-0.3, -0.25) is 4.79 Å². The zero-order valence-corrected chi connectivity index (χ0v) is 19.1. The van der Waals surface area contributed by atoms with Crippen molar-refractivity contribution in [3.05, 3.63) is 58.3 Å². The highest BCUT2D eigenvalue weighted by Gasteiger charge is 2.28. The number of carbonyl (C=O) groups excluding carboxylic acids is 1. The van der Waals surface area contributed by atoms with Crippen LogP contribution in [0.15, 0.2) is 47.4 Å². The van der Waals surface area contributed by atoms with Crippen molar-refractivity contribution < 1.29 is 22.3 Å². The van der Waals surface area contributed by atoms with E-state index in [1.54, 1.807) is 23.1 Å². The molecule has 0 unspecified atom stereocenters. The van der Waals surface area contributed by atoms with Crippen molar-refractivity contribution >= 4 is 39.1 Å². The molecule has 0 N–H and O–H groups in total. The molecule has 0 radical (unpaired) electrons. The van der Waals surface area contributed by atoms with Gasteiger partial charge in [0.25, 0.3) is 0 Å². The lowest BCUT2D eigenvalue weighted by atomic mass is 10.2. The Hall–Kier alpha value is -1.87. The smallest absolute Gasteiger partial charge is 0.243 e. The van der Waals surface area contributed by atoms with E-state index in [0.717, 1.165) is 12.1 Å². The van der Waals surface area contributed by atoms with Crippen LogP contribution in [-0.2, 0) is 14.8 Å². The number of carbonyl (C=O) groups is 1. The molecule has 0 bridgehead atoms. The molecule has 0 atom stereocenters. The normalized spacial score (nSPS) is 15.5. The maximum Gasteiger partial charge on any atom is 0.243 e. The number of nitrogens with zero attached hydrogens (tertiary/aromatic N) is 2. The molecule has 1 aliphatic rings. The van der Waals surface area contributed by atoms with E-state index in [4.69, 9.17) is 27.9 Å². The van der Waals surface area contributed by atoms with E-state index in [-0.39, 0.29) is 23.8 Å². The third kappa shape index (κ3) is 6.32. The van der Waals surface area contributed by atoms with E-state index >= 15 is 0 Å². The van der Waals surface area contributed by atoms with Gasteiger partial charge in [0.15, 0.2) is 0 Å². The lowest BCUT2D eigenvalue weighted by molar-refractivity contribution is -0.131. The van der Waals surface area contributed by atoms with E-state index in [1.165, 1.54) is 16.4 Å². The molecule has 3 rings (SSSR count). The molecule has 0 saturated carbocycles. The summed E-state index contributed by atoms with van der Waals surface area (Å²) in [6, 6.07) is 9.71. The molecule has 2 aromatic carbocycles. The molecule has 31 heavy (non-hydrogen) atoms. The van der Waals surface area contributed by atoms with Gasteiger partial charge in [0, 0.05) is 37.6 Å². The molecule has 1 aliphatic heterocycles. The predicted molar refractivity (Wildman–Crippen MR) is 118 cm³/mol. The lowest BCUT2D eigenvalue weighted by Gasteiger charge is -2.22. The van der Waals surface area contributed by atoms with Crippen LogP contribution in [0, 0.1) is 5.82 Å². The number of amides is 1. The van der Waals surface area contributed by atoms with E-state index in [9.17, 15) is 17.6 Å². The number of hydrogen-bond donors (Lipinski definition) is 0. The summed E-state index contributed by atoms with van der Waals surface area (Å²) in [4.78, 5) is 14.3. The van der Waals surface area contributed by atoms with Gasteiger partial charge in [-0.2, -0.15) is 4.31 Å². The highest BCUT2D eigenvalue weighted by molar-refractivity contribution is 7.89. The van der Waals surface area contributed by atoms with E-state index in [1.807, 2.05) is 0 Å². The van der Waals surface area contributed by atoms with Crippen LogP contribution in [0.4, 0.5) is 4.39 Å². The second-order valence-corrected chi connectivity index (χ2v) is 9.90. The van der Waals surface area contributed by atoms with Crippen LogP contribution in [-0.4, -0.2) is 56.3 Å². The van der Waals surface area contributed by atoms with Crippen LogP contribution in [0.5, 0.6) is 5.75 Å². The summed E-state index contributed by atoms with van der Waals surface area (Å²) in [6.07, 6.45) is 1.32. The molecule has 10 heteroatoms. The van der Waals surface area contributed by atoms with Gasteiger partial charge in [-0.1, -0.05) is 23.2 Å². The Labute approximate surface area is 191 Å². The first-order valence-corrected chi connectivity index (χ1v) is 12.1. The molecule has 0 aliphatic carbocycles. The molecule has 2 aromatic rings. The second-order valence-electron chi connectivity index (χ2n) is 7.12. The Morgan fingerprint density at radius 2 is 1.77 bits per heavy atom. The summed E-state index contributed by atoms with van der Waals surface area (Å²) in [5.74, 6) is -0.0318. The maximum absolute atomic E-state index is 13.1. The minimum Gasteiger partial charge on any atom is -0.492 e. The maximum atomic E-state index is 13.1.